The lowest BCUT2D eigenvalue weighted by Gasteiger charge is -2.16. The van der Waals surface area contributed by atoms with Crippen LogP contribution in [-0.2, 0) is 14.3 Å². The van der Waals surface area contributed by atoms with Gasteiger partial charge in [-0.2, -0.15) is 0 Å². The molecule has 0 aliphatic rings. The summed E-state index contributed by atoms with van der Waals surface area (Å²) in [6, 6.07) is 12.9. The van der Waals surface area contributed by atoms with Gasteiger partial charge in [-0.15, -0.1) is 0 Å². The zero-order valence-electron chi connectivity index (χ0n) is 18.7. The minimum Gasteiger partial charge on any atom is -0.452 e. The Kier molecular flexibility index (Phi) is 9.63. The Labute approximate surface area is 192 Å². The Morgan fingerprint density at radius 3 is 2.30 bits per heavy atom. The molecule has 2 aromatic carbocycles. The SMILES string of the molecule is CCCCN(C)C(=O)COC(=O)/C=C/c1ccc(OC(=O)c2ccc(N=C(N)N)cc2)cc1. The van der Waals surface area contributed by atoms with Gasteiger partial charge in [-0.1, -0.05) is 25.5 Å². The Hall–Kier alpha value is -4.14. The maximum Gasteiger partial charge on any atom is 0.343 e. The molecule has 33 heavy (non-hydrogen) atoms. The second-order valence-corrected chi connectivity index (χ2v) is 7.15. The third-order valence-electron chi connectivity index (χ3n) is 4.47. The number of nitrogens with zero attached hydrogens (tertiary/aromatic N) is 2. The van der Waals surface area contributed by atoms with Crippen LogP contribution in [0.15, 0.2) is 59.6 Å². The molecule has 0 atom stereocenters. The van der Waals surface area contributed by atoms with E-state index in [1.54, 1.807) is 66.6 Å². The molecule has 2 aromatic rings. The molecule has 9 nitrogen and oxygen atoms in total. The second-order valence-electron chi connectivity index (χ2n) is 7.15. The first-order chi connectivity index (χ1) is 15.8. The van der Waals surface area contributed by atoms with Gasteiger partial charge in [0.2, 0.25) is 0 Å². The maximum atomic E-state index is 12.3. The van der Waals surface area contributed by atoms with E-state index in [1.165, 1.54) is 6.08 Å². The summed E-state index contributed by atoms with van der Waals surface area (Å²) in [6.45, 7) is 2.36. The summed E-state index contributed by atoms with van der Waals surface area (Å²) in [5.74, 6) is -1.13. The maximum absolute atomic E-state index is 12.3. The van der Waals surface area contributed by atoms with Crippen molar-refractivity contribution in [1.29, 1.82) is 0 Å². The standard InChI is InChI=1S/C24H28N4O5/c1-3-4-15-28(2)21(29)16-32-22(30)14-7-17-5-12-20(13-6-17)33-23(31)18-8-10-19(11-9-18)27-24(25)26/h5-14H,3-4,15-16H2,1-2H3,(H4,25,26,27)/b14-7+. The van der Waals surface area contributed by atoms with Crippen molar-refractivity contribution in [3.8, 4) is 5.75 Å². The Bertz CT molecular complexity index is 1010. The number of ether oxygens (including phenoxy) is 2. The number of guanidine groups is 1. The summed E-state index contributed by atoms with van der Waals surface area (Å²) in [7, 11) is 1.68. The van der Waals surface area contributed by atoms with Crippen LogP contribution in [0.25, 0.3) is 6.08 Å². The predicted octanol–water partition coefficient (Wildman–Crippen LogP) is 2.63. The fourth-order valence-electron chi connectivity index (χ4n) is 2.61. The van der Waals surface area contributed by atoms with Gasteiger partial charge in [-0.25, -0.2) is 14.6 Å². The average Bonchev–Trinajstić information content (AvgIpc) is 2.80. The number of aliphatic imine (C=N–C) groups is 1. The van der Waals surface area contributed by atoms with Gasteiger partial charge in [0.05, 0.1) is 11.3 Å². The molecular formula is C24H28N4O5. The van der Waals surface area contributed by atoms with Gasteiger partial charge in [0.15, 0.2) is 12.6 Å². The molecule has 0 radical (unpaired) electrons. The molecule has 0 fully saturated rings. The molecule has 0 aliphatic carbocycles. The molecule has 0 heterocycles. The number of benzene rings is 2. The number of hydrogen-bond donors (Lipinski definition) is 2. The summed E-state index contributed by atoms with van der Waals surface area (Å²) in [4.78, 5) is 41.4. The van der Waals surface area contributed by atoms with Crippen molar-refractivity contribution in [2.45, 2.75) is 19.8 Å². The van der Waals surface area contributed by atoms with E-state index in [2.05, 4.69) is 4.99 Å². The molecule has 0 saturated carbocycles. The van der Waals surface area contributed by atoms with Crippen LogP contribution in [0.2, 0.25) is 0 Å². The van der Waals surface area contributed by atoms with E-state index in [4.69, 9.17) is 20.9 Å². The zero-order valence-corrected chi connectivity index (χ0v) is 18.7. The Balaban J connectivity index is 1.85. The molecule has 0 aromatic heterocycles. The number of amides is 1. The van der Waals surface area contributed by atoms with Gasteiger partial charge < -0.3 is 25.8 Å². The number of hydrogen-bond acceptors (Lipinski definition) is 6. The topological polar surface area (TPSA) is 137 Å². The Morgan fingerprint density at radius 1 is 1.03 bits per heavy atom. The minimum absolute atomic E-state index is 0.0729. The fraction of sp³-hybridized carbons (Fsp3) is 0.250. The van der Waals surface area contributed by atoms with Crippen molar-refractivity contribution < 1.29 is 23.9 Å². The molecule has 9 heteroatoms. The van der Waals surface area contributed by atoms with E-state index < -0.39 is 11.9 Å². The predicted molar refractivity (Wildman–Crippen MR) is 126 cm³/mol. The van der Waals surface area contributed by atoms with E-state index in [0.29, 0.717) is 29.1 Å². The summed E-state index contributed by atoms with van der Waals surface area (Å²) in [6.07, 6.45) is 4.65. The number of carbonyl (C=O) groups excluding carboxylic acids is 3. The first kappa shape index (κ1) is 25.1. The summed E-state index contributed by atoms with van der Waals surface area (Å²) < 4.78 is 10.3. The number of unbranched alkanes of at least 4 members (excludes halogenated alkanes) is 1. The first-order valence-electron chi connectivity index (χ1n) is 10.4. The van der Waals surface area contributed by atoms with Crippen molar-refractivity contribution in [1.82, 2.24) is 4.90 Å². The molecule has 0 aliphatic heterocycles. The van der Waals surface area contributed by atoms with Crippen LogP contribution < -0.4 is 16.2 Å². The molecule has 0 saturated heterocycles. The number of likely N-dealkylation sites (N-methyl/N-ethyl adjacent to an activating group) is 1. The molecule has 1 amide bonds. The van der Waals surface area contributed by atoms with Crippen LogP contribution in [0.1, 0.15) is 35.7 Å². The summed E-state index contributed by atoms with van der Waals surface area (Å²) in [5.41, 5.74) is 12.2. The molecule has 0 bridgehead atoms. The fourth-order valence-corrected chi connectivity index (χ4v) is 2.61. The van der Waals surface area contributed by atoms with Crippen LogP contribution >= 0.6 is 0 Å². The third kappa shape index (κ3) is 8.86. The highest BCUT2D eigenvalue weighted by Gasteiger charge is 2.11. The van der Waals surface area contributed by atoms with Crippen LogP contribution in [0.3, 0.4) is 0 Å². The quantitative estimate of drug-likeness (QED) is 0.186. The van der Waals surface area contributed by atoms with Gasteiger partial charge in [0.25, 0.3) is 5.91 Å². The van der Waals surface area contributed by atoms with Crippen molar-refractivity contribution in [3.63, 3.8) is 0 Å². The van der Waals surface area contributed by atoms with Crippen molar-refractivity contribution in [3.05, 3.63) is 65.7 Å². The number of rotatable bonds is 10. The third-order valence-corrected chi connectivity index (χ3v) is 4.47. The Morgan fingerprint density at radius 2 is 1.70 bits per heavy atom. The zero-order chi connectivity index (χ0) is 24.2. The van der Waals surface area contributed by atoms with Crippen LogP contribution in [0.4, 0.5) is 5.69 Å². The minimum atomic E-state index is -0.619. The van der Waals surface area contributed by atoms with E-state index in [-0.39, 0.29) is 18.5 Å². The number of esters is 2. The van der Waals surface area contributed by atoms with E-state index in [9.17, 15) is 14.4 Å². The highest BCUT2D eigenvalue weighted by Crippen LogP contribution is 2.17. The lowest BCUT2D eigenvalue weighted by atomic mass is 10.2. The van der Waals surface area contributed by atoms with Crippen LogP contribution in [-0.4, -0.2) is 48.9 Å². The van der Waals surface area contributed by atoms with Gasteiger partial charge in [-0.05, 0) is 54.5 Å². The summed E-state index contributed by atoms with van der Waals surface area (Å²) >= 11 is 0. The average molecular weight is 453 g/mol. The van der Waals surface area contributed by atoms with Crippen molar-refractivity contribution in [2.75, 3.05) is 20.2 Å². The number of carbonyl (C=O) groups is 3. The molecular weight excluding hydrogens is 424 g/mol. The van der Waals surface area contributed by atoms with Crippen LogP contribution in [0, 0.1) is 0 Å². The molecule has 4 N–H and O–H groups in total. The van der Waals surface area contributed by atoms with Crippen molar-refractivity contribution in [2.24, 2.45) is 16.5 Å². The second kappa shape index (κ2) is 12.7. The highest BCUT2D eigenvalue weighted by molar-refractivity contribution is 5.92. The largest absolute Gasteiger partial charge is 0.452 e. The van der Waals surface area contributed by atoms with Gasteiger partial charge in [-0.3, -0.25) is 4.79 Å². The molecule has 174 valence electrons. The molecule has 0 spiro atoms. The first-order valence-corrected chi connectivity index (χ1v) is 10.4. The van der Waals surface area contributed by atoms with Crippen molar-refractivity contribution >= 4 is 35.6 Å². The van der Waals surface area contributed by atoms with Crippen LogP contribution in [0.5, 0.6) is 5.75 Å². The van der Waals surface area contributed by atoms with E-state index in [1.807, 2.05) is 6.92 Å². The monoisotopic (exact) mass is 452 g/mol. The molecule has 0 unspecified atom stereocenters. The highest BCUT2D eigenvalue weighted by atomic mass is 16.5. The lowest BCUT2D eigenvalue weighted by Crippen LogP contribution is -2.31. The number of nitrogens with two attached hydrogens (primary N) is 2. The summed E-state index contributed by atoms with van der Waals surface area (Å²) in [5, 5.41) is 0. The van der Waals surface area contributed by atoms with Gasteiger partial charge in [0, 0.05) is 19.7 Å². The van der Waals surface area contributed by atoms with E-state index in [0.717, 1.165) is 12.8 Å². The normalized spacial score (nSPS) is 10.5. The smallest absolute Gasteiger partial charge is 0.343 e. The van der Waals surface area contributed by atoms with Gasteiger partial charge >= 0.3 is 11.9 Å². The lowest BCUT2D eigenvalue weighted by molar-refractivity contribution is -0.147. The van der Waals surface area contributed by atoms with Gasteiger partial charge in [0.1, 0.15) is 5.75 Å². The molecule has 2 rings (SSSR count). The van der Waals surface area contributed by atoms with E-state index >= 15 is 0 Å².